The Labute approximate surface area is 395 Å². The van der Waals surface area contributed by atoms with E-state index in [1.165, 1.54) is 88.3 Å². The van der Waals surface area contributed by atoms with Crippen LogP contribution in [0.3, 0.4) is 0 Å². The van der Waals surface area contributed by atoms with Crippen molar-refractivity contribution in [2.45, 2.75) is 93.2 Å². The zero-order valence-electron chi connectivity index (χ0n) is 38.5. The maximum absolute atomic E-state index is 4.93. The summed E-state index contributed by atoms with van der Waals surface area (Å²) in [5.74, 6) is 2.30. The Bertz CT molecular complexity index is 2400. The van der Waals surface area contributed by atoms with E-state index in [4.69, 9.17) is 17.0 Å². The predicted octanol–water partition coefficient (Wildman–Crippen LogP) is 18.6. The maximum atomic E-state index is 4.93. The minimum absolute atomic E-state index is 0.486. The van der Waals surface area contributed by atoms with E-state index in [0.29, 0.717) is 23.7 Å². The van der Waals surface area contributed by atoms with Crippen molar-refractivity contribution in [3.8, 4) is 44.5 Å². The molecule has 0 unspecified atom stereocenters. The molecule has 8 rings (SSSR count). The van der Waals surface area contributed by atoms with Gasteiger partial charge in [-0.15, -0.1) is 56.9 Å². The summed E-state index contributed by atoms with van der Waals surface area (Å²) in [6.07, 6.45) is 2.25. The first-order chi connectivity index (χ1) is 29.9. The molecule has 0 fully saturated rings. The monoisotopic (exact) mass is 948 g/mol. The molecule has 8 aromatic rings. The molecule has 0 N–H and O–H groups in total. The quantitative estimate of drug-likeness (QED) is 0.0947. The van der Waals surface area contributed by atoms with Crippen molar-refractivity contribution < 1.29 is 20.8 Å². The van der Waals surface area contributed by atoms with Crippen LogP contribution in [-0.4, -0.2) is 9.52 Å². The van der Waals surface area contributed by atoms with Crippen LogP contribution in [0.2, 0.25) is 13.1 Å². The number of rotatable bonds is 10. The summed E-state index contributed by atoms with van der Waals surface area (Å²) in [5, 5.41) is 5.46. The Morgan fingerprint density at radius 2 is 0.774 bits per heavy atom. The van der Waals surface area contributed by atoms with Gasteiger partial charge in [0.1, 0.15) is 0 Å². The van der Waals surface area contributed by atoms with Crippen LogP contribution in [0.15, 0.2) is 158 Å². The predicted molar refractivity (Wildman–Crippen MR) is 275 cm³/mol. The number of fused-ring (bicyclic) bond motifs is 2. The van der Waals surface area contributed by atoms with Crippen LogP contribution in [0, 0.1) is 11.8 Å². The van der Waals surface area contributed by atoms with Crippen LogP contribution >= 0.6 is 17.0 Å². The fraction of sp³-hybridized carbons (Fsp3) is 0.276. The molecule has 0 aromatic heterocycles. The van der Waals surface area contributed by atoms with Gasteiger partial charge >= 0.3 is 37.9 Å². The summed E-state index contributed by atoms with van der Waals surface area (Å²) in [5.41, 5.74) is 16.4. The second-order valence-electron chi connectivity index (χ2n) is 17.7. The summed E-state index contributed by atoms with van der Waals surface area (Å²) >= 11 is -0.826. The van der Waals surface area contributed by atoms with Gasteiger partial charge in [-0.1, -0.05) is 201 Å². The van der Waals surface area contributed by atoms with Crippen molar-refractivity contribution >= 4 is 48.1 Å². The van der Waals surface area contributed by atoms with Gasteiger partial charge in [-0.25, -0.2) is 0 Å². The minimum atomic E-state index is -0.826. The molecule has 4 heteroatoms. The Kier molecular flexibility index (Phi) is 19.3. The third-order valence-corrected chi connectivity index (χ3v) is 11.1. The topological polar surface area (TPSA) is 0 Å². The molecular formula is C58H64Cl2SiZr. The van der Waals surface area contributed by atoms with E-state index >= 15 is 0 Å². The molecule has 0 atom stereocenters. The van der Waals surface area contributed by atoms with Gasteiger partial charge < -0.3 is 0 Å². The van der Waals surface area contributed by atoms with Crippen LogP contribution in [-0.2, 0) is 33.7 Å². The molecule has 2 radical (unpaired) electrons. The van der Waals surface area contributed by atoms with E-state index in [0.717, 1.165) is 22.4 Å². The van der Waals surface area contributed by atoms with Crippen molar-refractivity contribution in [3.05, 3.63) is 180 Å². The molecule has 0 nitrogen and oxygen atoms in total. The average molecular weight is 951 g/mol. The first-order valence-corrected chi connectivity index (χ1v) is 30.5. The SMILES string of the molecule is CC(C)Cc1cc2c(-c3ccccc3C(C)C)c(-c3ccccc3)ccc2[cH-]1.CC(C)Cc1cc2c(-c3ccccc3C(C)C)c(-c3ccccc3)ccc2[cH-]1.C[Si]C.[Cl][Zr+2][Cl]. The van der Waals surface area contributed by atoms with Crippen LogP contribution in [0.4, 0.5) is 0 Å². The Morgan fingerprint density at radius 3 is 1.10 bits per heavy atom. The molecule has 0 heterocycles. The summed E-state index contributed by atoms with van der Waals surface area (Å²) in [7, 11) is 11.0. The van der Waals surface area contributed by atoms with Crippen molar-refractivity contribution in [3.63, 3.8) is 0 Å². The molecule has 0 spiro atoms. The van der Waals surface area contributed by atoms with Gasteiger partial charge in [-0.2, -0.15) is 12.1 Å². The Balaban J connectivity index is 0.000000208. The second kappa shape index (κ2) is 24.3. The standard InChI is InChI=1S/2C28H29.C2H6Si.2ClH.Zr/c2*1-19(2)16-21-17-23-14-15-25(22-10-6-5-7-11-22)28(27(23)18-21)26-13-9-8-12-24(26)20(3)4;1-3-2;;;/h2*5-15,17-20H,16H2,1-4H3;1-2H3;2*1H;/q2*-1;;;;+4/p-2. The van der Waals surface area contributed by atoms with E-state index < -0.39 is 20.8 Å². The van der Waals surface area contributed by atoms with Gasteiger partial charge in [-0.3, -0.25) is 0 Å². The second-order valence-corrected chi connectivity index (χ2v) is 22.4. The van der Waals surface area contributed by atoms with Crippen molar-refractivity contribution in [1.29, 1.82) is 0 Å². The molecule has 0 aliphatic rings. The van der Waals surface area contributed by atoms with E-state index in [-0.39, 0.29) is 0 Å². The van der Waals surface area contributed by atoms with Gasteiger partial charge in [0, 0.05) is 9.52 Å². The molecule has 0 aliphatic heterocycles. The van der Waals surface area contributed by atoms with Crippen LogP contribution in [0.1, 0.15) is 89.5 Å². The normalized spacial score (nSPS) is 11.0. The van der Waals surface area contributed by atoms with Crippen LogP contribution < -0.4 is 0 Å². The first-order valence-electron chi connectivity index (χ1n) is 22.2. The van der Waals surface area contributed by atoms with E-state index in [2.05, 4.69) is 226 Å². The van der Waals surface area contributed by atoms with Gasteiger partial charge in [0.2, 0.25) is 0 Å². The van der Waals surface area contributed by atoms with Gasteiger partial charge in [0.05, 0.1) is 0 Å². The van der Waals surface area contributed by atoms with Crippen molar-refractivity contribution in [2.75, 3.05) is 0 Å². The van der Waals surface area contributed by atoms with E-state index in [1.807, 2.05) is 0 Å². The van der Waals surface area contributed by atoms with Crippen molar-refractivity contribution in [2.24, 2.45) is 11.8 Å². The molecule has 0 aliphatic carbocycles. The van der Waals surface area contributed by atoms with Crippen LogP contribution in [0.5, 0.6) is 0 Å². The summed E-state index contributed by atoms with van der Waals surface area (Å²) in [6.45, 7) is 22.6. The molecule has 318 valence electrons. The number of benzene rings is 6. The summed E-state index contributed by atoms with van der Waals surface area (Å²) < 4.78 is 0. The summed E-state index contributed by atoms with van der Waals surface area (Å²) in [4.78, 5) is 0. The number of hydrogen-bond acceptors (Lipinski definition) is 0. The molecule has 0 saturated heterocycles. The van der Waals surface area contributed by atoms with E-state index in [9.17, 15) is 0 Å². The zero-order chi connectivity index (χ0) is 44.8. The fourth-order valence-electron chi connectivity index (χ4n) is 8.62. The zero-order valence-corrected chi connectivity index (χ0v) is 43.5. The Hall–Kier alpha value is -3.78. The molecule has 0 bridgehead atoms. The first kappa shape index (κ1) is 49.2. The molecule has 0 saturated carbocycles. The third-order valence-electron chi connectivity index (χ3n) is 11.1. The molecule has 62 heavy (non-hydrogen) atoms. The Morgan fingerprint density at radius 1 is 0.452 bits per heavy atom. The summed E-state index contributed by atoms with van der Waals surface area (Å²) in [6, 6.07) is 58.3. The third kappa shape index (κ3) is 12.7. The molecule has 0 amide bonds. The van der Waals surface area contributed by atoms with Gasteiger partial charge in [0.25, 0.3) is 0 Å². The molecule has 8 aromatic carbocycles. The number of hydrogen-bond donors (Lipinski definition) is 0. The molecular weight excluding hydrogens is 887 g/mol. The fourth-order valence-corrected chi connectivity index (χ4v) is 8.62. The number of halogens is 2. The van der Waals surface area contributed by atoms with Crippen LogP contribution in [0.25, 0.3) is 66.1 Å². The van der Waals surface area contributed by atoms with Gasteiger partial charge in [0.15, 0.2) is 0 Å². The van der Waals surface area contributed by atoms with E-state index in [1.54, 1.807) is 0 Å². The van der Waals surface area contributed by atoms with Gasteiger partial charge in [-0.05, 0) is 81.0 Å². The average Bonchev–Trinajstić information content (AvgIpc) is 3.87. The van der Waals surface area contributed by atoms with Crippen molar-refractivity contribution in [1.82, 2.24) is 0 Å².